The molecule has 0 rings (SSSR count). The van der Waals surface area contributed by atoms with Crippen LogP contribution in [0.4, 0.5) is 0 Å². The Kier molecular flexibility index (Phi) is 7.26. The molecule has 98 valence electrons. The highest BCUT2D eigenvalue weighted by atomic mass is 16.5. The molecule has 3 N–H and O–H groups in total. The van der Waals surface area contributed by atoms with Crippen molar-refractivity contribution in [3.63, 3.8) is 0 Å². The monoisotopic (exact) mass is 240 g/mol. The van der Waals surface area contributed by atoms with Crippen molar-refractivity contribution in [2.24, 2.45) is 11.7 Å². The fourth-order valence-electron chi connectivity index (χ4n) is 1.48. The fraction of sp³-hybridized carbons (Fsp3) is 0.692. The van der Waals surface area contributed by atoms with Gasteiger partial charge in [0, 0.05) is 0 Å². The molecule has 0 saturated carbocycles. The van der Waals surface area contributed by atoms with Crippen LogP contribution < -0.4 is 5.73 Å². The van der Waals surface area contributed by atoms with Gasteiger partial charge >= 0.3 is 5.97 Å². The lowest BCUT2D eigenvalue weighted by Gasteiger charge is -2.11. The van der Waals surface area contributed by atoms with E-state index in [0.717, 1.165) is 12.8 Å². The van der Waals surface area contributed by atoms with Gasteiger partial charge in [0.05, 0.1) is 23.6 Å². The van der Waals surface area contributed by atoms with E-state index in [0.29, 0.717) is 24.5 Å². The summed E-state index contributed by atoms with van der Waals surface area (Å²) in [6.45, 7) is 7.95. The number of rotatable bonds is 7. The van der Waals surface area contributed by atoms with E-state index in [1.807, 2.05) is 0 Å². The van der Waals surface area contributed by atoms with Gasteiger partial charge in [-0.25, -0.2) is 4.79 Å². The van der Waals surface area contributed by atoms with Crippen molar-refractivity contribution in [1.29, 1.82) is 5.41 Å². The van der Waals surface area contributed by atoms with Crippen molar-refractivity contribution in [2.75, 3.05) is 6.61 Å². The van der Waals surface area contributed by atoms with Crippen molar-refractivity contribution >= 4 is 11.7 Å². The molecule has 0 aromatic heterocycles. The normalized spacial score (nSPS) is 12.3. The number of allylic oxidation sites excluding steroid dienone is 1. The predicted molar refractivity (Wildman–Crippen MR) is 69.9 cm³/mol. The predicted octanol–water partition coefficient (Wildman–Crippen LogP) is 2.63. The molecule has 0 fully saturated rings. The van der Waals surface area contributed by atoms with Gasteiger partial charge in [0.15, 0.2) is 0 Å². The number of esters is 1. The summed E-state index contributed by atoms with van der Waals surface area (Å²) in [5.74, 6) is 0.209. The van der Waals surface area contributed by atoms with Crippen LogP contribution in [0.1, 0.15) is 47.0 Å². The van der Waals surface area contributed by atoms with E-state index >= 15 is 0 Å². The third kappa shape index (κ3) is 6.09. The van der Waals surface area contributed by atoms with Crippen LogP contribution >= 0.6 is 0 Å². The van der Waals surface area contributed by atoms with Gasteiger partial charge in [0.25, 0.3) is 0 Å². The number of hydrogen-bond acceptors (Lipinski definition) is 4. The second-order valence-electron chi connectivity index (χ2n) is 4.52. The molecule has 0 aliphatic carbocycles. The molecule has 0 spiro atoms. The fourth-order valence-corrected chi connectivity index (χ4v) is 1.48. The molecule has 0 amide bonds. The van der Waals surface area contributed by atoms with Crippen molar-refractivity contribution in [1.82, 2.24) is 0 Å². The van der Waals surface area contributed by atoms with Crippen LogP contribution in [-0.2, 0) is 9.53 Å². The largest absolute Gasteiger partial charge is 0.463 e. The summed E-state index contributed by atoms with van der Waals surface area (Å²) >= 11 is 0. The van der Waals surface area contributed by atoms with Crippen LogP contribution in [0.5, 0.6) is 0 Å². The number of carbonyl (C=O) groups is 1. The Bertz CT molecular complexity index is 307. The van der Waals surface area contributed by atoms with Crippen molar-refractivity contribution < 1.29 is 9.53 Å². The van der Waals surface area contributed by atoms with E-state index in [4.69, 9.17) is 15.9 Å². The maximum Gasteiger partial charge on any atom is 0.336 e. The summed E-state index contributed by atoms with van der Waals surface area (Å²) in [4.78, 5) is 11.7. The summed E-state index contributed by atoms with van der Waals surface area (Å²) < 4.78 is 4.96. The molecule has 0 heterocycles. The molecule has 0 unspecified atom stereocenters. The zero-order valence-electron chi connectivity index (χ0n) is 11.3. The number of nitrogens with two attached hydrogens (primary N) is 1. The van der Waals surface area contributed by atoms with Crippen LogP contribution in [0.2, 0.25) is 0 Å². The summed E-state index contributed by atoms with van der Waals surface area (Å²) in [5, 5.41) is 7.49. The molecule has 4 heteroatoms. The smallest absolute Gasteiger partial charge is 0.336 e. The molecule has 17 heavy (non-hydrogen) atoms. The van der Waals surface area contributed by atoms with Crippen LogP contribution in [0.3, 0.4) is 0 Å². The third-order valence-corrected chi connectivity index (χ3v) is 2.46. The Morgan fingerprint density at radius 1 is 1.41 bits per heavy atom. The van der Waals surface area contributed by atoms with E-state index in [1.165, 1.54) is 0 Å². The Morgan fingerprint density at radius 2 is 2.00 bits per heavy atom. The minimum absolute atomic E-state index is 0.220. The number of carbonyl (C=O) groups excluding carboxylic acids is 1. The minimum atomic E-state index is -0.389. The highest BCUT2D eigenvalue weighted by Crippen LogP contribution is 2.15. The molecule has 0 atom stereocenters. The first-order valence-corrected chi connectivity index (χ1v) is 6.11. The van der Waals surface area contributed by atoms with Crippen molar-refractivity contribution in [3.05, 3.63) is 11.3 Å². The van der Waals surface area contributed by atoms with Gasteiger partial charge in [-0.05, 0) is 32.6 Å². The molecule has 4 nitrogen and oxygen atoms in total. The second-order valence-corrected chi connectivity index (χ2v) is 4.52. The van der Waals surface area contributed by atoms with Gasteiger partial charge in [0.2, 0.25) is 0 Å². The van der Waals surface area contributed by atoms with Crippen LogP contribution in [0.25, 0.3) is 0 Å². The topological polar surface area (TPSA) is 76.2 Å². The molecule has 0 aromatic carbocycles. The maximum atomic E-state index is 11.7. The highest BCUT2D eigenvalue weighted by Gasteiger charge is 2.16. The van der Waals surface area contributed by atoms with Crippen molar-refractivity contribution in [3.8, 4) is 0 Å². The molecule has 0 aliphatic rings. The SMILES string of the molecule is CCOC(=O)/C(CCCC(C)C)=C(\N)C(C)=N. The maximum absolute atomic E-state index is 11.7. The Balaban J connectivity index is 4.69. The molecular formula is C13H24N2O2. The lowest BCUT2D eigenvalue weighted by atomic mass is 10.0. The van der Waals surface area contributed by atoms with Crippen LogP contribution in [0.15, 0.2) is 11.3 Å². The zero-order chi connectivity index (χ0) is 13.4. The summed E-state index contributed by atoms with van der Waals surface area (Å²) in [6.07, 6.45) is 2.51. The van der Waals surface area contributed by atoms with Gasteiger partial charge in [-0.2, -0.15) is 0 Å². The van der Waals surface area contributed by atoms with Crippen molar-refractivity contribution in [2.45, 2.75) is 47.0 Å². The quantitative estimate of drug-likeness (QED) is 0.408. The van der Waals surface area contributed by atoms with E-state index < -0.39 is 0 Å². The van der Waals surface area contributed by atoms with Gasteiger partial charge < -0.3 is 15.9 Å². The van der Waals surface area contributed by atoms with Gasteiger partial charge in [-0.3, -0.25) is 0 Å². The van der Waals surface area contributed by atoms with Crippen LogP contribution in [-0.4, -0.2) is 18.3 Å². The second kappa shape index (κ2) is 7.87. The van der Waals surface area contributed by atoms with E-state index in [2.05, 4.69) is 13.8 Å². The van der Waals surface area contributed by atoms with E-state index in [9.17, 15) is 4.79 Å². The summed E-state index contributed by atoms with van der Waals surface area (Å²) in [7, 11) is 0. The first kappa shape index (κ1) is 15.7. The molecule has 0 aromatic rings. The minimum Gasteiger partial charge on any atom is -0.463 e. The lowest BCUT2D eigenvalue weighted by molar-refractivity contribution is -0.138. The Morgan fingerprint density at radius 3 is 2.41 bits per heavy atom. The molecule has 0 saturated heterocycles. The average Bonchev–Trinajstić information content (AvgIpc) is 2.23. The Labute approximate surface area is 104 Å². The van der Waals surface area contributed by atoms with Gasteiger partial charge in [-0.15, -0.1) is 0 Å². The highest BCUT2D eigenvalue weighted by molar-refractivity contribution is 6.03. The zero-order valence-corrected chi connectivity index (χ0v) is 11.3. The summed E-state index contributed by atoms with van der Waals surface area (Å²) in [5.41, 5.74) is 6.68. The third-order valence-electron chi connectivity index (χ3n) is 2.46. The lowest BCUT2D eigenvalue weighted by Crippen LogP contribution is -2.18. The molecule has 0 radical (unpaired) electrons. The standard InChI is InChI=1S/C13H24N2O2/c1-5-17-13(16)11(12(15)10(4)14)8-6-7-9(2)3/h9,14H,5-8,15H2,1-4H3/b12-11-,14-10?. The molecule has 0 aliphatic heterocycles. The van der Waals surface area contributed by atoms with E-state index in [-0.39, 0.29) is 17.4 Å². The first-order chi connectivity index (χ1) is 7.90. The number of ether oxygens (including phenoxy) is 1. The first-order valence-electron chi connectivity index (χ1n) is 6.11. The number of hydrogen-bond donors (Lipinski definition) is 2. The van der Waals surface area contributed by atoms with Gasteiger partial charge in [-0.1, -0.05) is 20.3 Å². The Hall–Kier alpha value is -1.32. The van der Waals surface area contributed by atoms with Gasteiger partial charge in [0.1, 0.15) is 0 Å². The summed E-state index contributed by atoms with van der Waals surface area (Å²) in [6, 6.07) is 0. The van der Waals surface area contributed by atoms with Crippen LogP contribution in [0, 0.1) is 11.3 Å². The van der Waals surface area contributed by atoms with E-state index in [1.54, 1.807) is 13.8 Å². The molecular weight excluding hydrogens is 216 g/mol. The average molecular weight is 240 g/mol. The number of nitrogens with one attached hydrogen (secondary N) is 1. The molecule has 0 bridgehead atoms.